The van der Waals surface area contributed by atoms with Crippen molar-refractivity contribution in [3.05, 3.63) is 63.0 Å². The van der Waals surface area contributed by atoms with E-state index in [1.165, 1.54) is 12.0 Å². The molecule has 0 N–H and O–H groups in total. The number of nitrogens with zero attached hydrogens (tertiary/aromatic N) is 1. The molecule has 1 aliphatic heterocycles. The Kier molecular flexibility index (Phi) is 7.74. The van der Waals surface area contributed by atoms with Gasteiger partial charge in [0.2, 0.25) is 0 Å². The minimum Gasteiger partial charge on any atom is -0.493 e. The molecule has 1 amide bonds. The van der Waals surface area contributed by atoms with Gasteiger partial charge >= 0.3 is 5.97 Å². The van der Waals surface area contributed by atoms with E-state index in [1.54, 1.807) is 26.2 Å². The molecule has 9 heteroatoms. The van der Waals surface area contributed by atoms with Crippen molar-refractivity contribution in [3.8, 4) is 11.5 Å². The maximum Gasteiger partial charge on any atom is 0.328 e. The topological polar surface area (TPSA) is 65.1 Å². The number of ether oxygens (including phenoxy) is 3. The van der Waals surface area contributed by atoms with Gasteiger partial charge in [-0.1, -0.05) is 54.3 Å². The van der Waals surface area contributed by atoms with Crippen LogP contribution in [0.15, 0.2) is 51.8 Å². The van der Waals surface area contributed by atoms with Gasteiger partial charge < -0.3 is 14.2 Å². The fourth-order valence-corrected chi connectivity index (χ4v) is 4.93. The SMILES string of the molecule is COC(=O)[C@H](C)N1C(=O)/C(=C/c2cc(Br)c(OCc3ccccc3)c(OC)c2)SC1=S. The fourth-order valence-electron chi connectivity index (χ4n) is 2.93. The van der Waals surface area contributed by atoms with Crippen molar-refractivity contribution in [2.75, 3.05) is 14.2 Å². The second kappa shape index (κ2) is 10.3. The molecule has 0 aromatic heterocycles. The molecule has 1 aliphatic rings. The van der Waals surface area contributed by atoms with E-state index in [9.17, 15) is 9.59 Å². The third kappa shape index (κ3) is 5.28. The summed E-state index contributed by atoms with van der Waals surface area (Å²) in [5.74, 6) is 0.222. The van der Waals surface area contributed by atoms with E-state index in [2.05, 4.69) is 15.9 Å². The molecule has 3 rings (SSSR count). The summed E-state index contributed by atoms with van der Waals surface area (Å²) in [5, 5.41) is 0. The first kappa shape index (κ1) is 23.3. The van der Waals surface area contributed by atoms with Crippen molar-refractivity contribution in [1.29, 1.82) is 0 Å². The van der Waals surface area contributed by atoms with Crippen molar-refractivity contribution in [3.63, 3.8) is 0 Å². The molecule has 31 heavy (non-hydrogen) atoms. The second-order valence-electron chi connectivity index (χ2n) is 6.56. The number of thiocarbonyl (C=S) groups is 1. The van der Waals surface area contributed by atoms with E-state index in [1.807, 2.05) is 36.4 Å². The van der Waals surface area contributed by atoms with Crippen LogP contribution in [0.2, 0.25) is 0 Å². The third-order valence-corrected chi connectivity index (χ3v) is 6.45. The average molecular weight is 522 g/mol. The number of amides is 1. The lowest BCUT2D eigenvalue weighted by molar-refractivity contribution is -0.147. The zero-order chi connectivity index (χ0) is 22.5. The lowest BCUT2D eigenvalue weighted by Crippen LogP contribution is -2.42. The molecule has 2 aromatic rings. The average Bonchev–Trinajstić information content (AvgIpc) is 3.04. The Labute approximate surface area is 198 Å². The highest BCUT2D eigenvalue weighted by molar-refractivity contribution is 9.10. The molecule has 1 heterocycles. The number of hydrogen-bond acceptors (Lipinski definition) is 7. The quantitative estimate of drug-likeness (QED) is 0.294. The Bertz CT molecular complexity index is 1040. The van der Waals surface area contributed by atoms with E-state index in [-0.39, 0.29) is 5.91 Å². The van der Waals surface area contributed by atoms with E-state index in [0.717, 1.165) is 22.9 Å². The maximum atomic E-state index is 12.8. The monoisotopic (exact) mass is 521 g/mol. The highest BCUT2D eigenvalue weighted by Crippen LogP contribution is 2.40. The third-order valence-electron chi connectivity index (χ3n) is 4.53. The van der Waals surface area contributed by atoms with Gasteiger partial charge in [-0.25, -0.2) is 4.79 Å². The van der Waals surface area contributed by atoms with Crippen LogP contribution in [0.4, 0.5) is 0 Å². The van der Waals surface area contributed by atoms with Gasteiger partial charge in [-0.05, 0) is 52.2 Å². The molecule has 6 nitrogen and oxygen atoms in total. The summed E-state index contributed by atoms with van der Waals surface area (Å²) in [6, 6.07) is 12.6. The molecule has 2 aromatic carbocycles. The number of carbonyl (C=O) groups is 2. The summed E-state index contributed by atoms with van der Waals surface area (Å²) >= 11 is 9.96. The molecule has 0 spiro atoms. The van der Waals surface area contributed by atoms with E-state index in [0.29, 0.717) is 31.8 Å². The molecule has 1 saturated heterocycles. The Morgan fingerprint density at radius 1 is 1.26 bits per heavy atom. The van der Waals surface area contributed by atoms with Crippen molar-refractivity contribution in [2.24, 2.45) is 0 Å². The van der Waals surface area contributed by atoms with Crippen molar-refractivity contribution < 1.29 is 23.8 Å². The molecule has 0 aliphatic carbocycles. The standard InChI is InChI=1S/C22H20BrNO5S2/c1-13(21(26)28-3)24-20(25)18(31-22(24)30)11-15-9-16(23)19(17(10-15)27-2)29-12-14-7-5-4-6-8-14/h4-11,13H,12H2,1-3H3/b18-11-/t13-/m0/s1. The molecule has 1 atom stereocenters. The van der Waals surface area contributed by atoms with Gasteiger partial charge in [0.25, 0.3) is 5.91 Å². The van der Waals surface area contributed by atoms with Gasteiger partial charge in [0.15, 0.2) is 11.5 Å². The summed E-state index contributed by atoms with van der Waals surface area (Å²) in [7, 11) is 2.83. The van der Waals surface area contributed by atoms with Crippen LogP contribution in [-0.2, 0) is 20.9 Å². The fraction of sp³-hybridized carbons (Fsp3) is 0.227. The zero-order valence-corrected chi connectivity index (χ0v) is 20.3. The number of rotatable bonds is 7. The van der Waals surface area contributed by atoms with Crippen LogP contribution in [0.25, 0.3) is 6.08 Å². The zero-order valence-electron chi connectivity index (χ0n) is 17.1. The molecule has 1 fully saturated rings. The number of carbonyl (C=O) groups excluding carboxylic acids is 2. The van der Waals surface area contributed by atoms with Crippen LogP contribution in [0.3, 0.4) is 0 Å². The van der Waals surface area contributed by atoms with Crippen LogP contribution < -0.4 is 9.47 Å². The van der Waals surface area contributed by atoms with Crippen molar-refractivity contribution in [2.45, 2.75) is 19.6 Å². The number of methoxy groups -OCH3 is 2. The molecule has 0 unspecified atom stereocenters. The number of hydrogen-bond donors (Lipinski definition) is 0. The summed E-state index contributed by atoms with van der Waals surface area (Å²) in [4.78, 5) is 26.3. The van der Waals surface area contributed by atoms with Crippen molar-refractivity contribution in [1.82, 2.24) is 4.90 Å². The smallest absolute Gasteiger partial charge is 0.328 e. The number of thioether (sulfide) groups is 1. The van der Waals surface area contributed by atoms with Gasteiger partial charge in [0.05, 0.1) is 23.6 Å². The summed E-state index contributed by atoms with van der Waals surface area (Å²) < 4.78 is 17.2. The molecular weight excluding hydrogens is 502 g/mol. The van der Waals surface area contributed by atoms with E-state index < -0.39 is 12.0 Å². The van der Waals surface area contributed by atoms with Gasteiger partial charge in [-0.3, -0.25) is 9.69 Å². The highest BCUT2D eigenvalue weighted by atomic mass is 79.9. The first-order valence-electron chi connectivity index (χ1n) is 9.24. The van der Waals surface area contributed by atoms with Crippen LogP contribution in [0.1, 0.15) is 18.1 Å². The van der Waals surface area contributed by atoms with Gasteiger partial charge in [0.1, 0.15) is 17.0 Å². The lowest BCUT2D eigenvalue weighted by Gasteiger charge is -2.20. The predicted octanol–water partition coefficient (Wildman–Crippen LogP) is 4.80. The molecule has 0 bridgehead atoms. The van der Waals surface area contributed by atoms with Crippen LogP contribution in [0, 0.1) is 0 Å². The molecular formula is C22H20BrNO5S2. The Hall–Kier alpha value is -2.36. The first-order valence-corrected chi connectivity index (χ1v) is 11.3. The second-order valence-corrected chi connectivity index (χ2v) is 9.09. The van der Waals surface area contributed by atoms with Crippen LogP contribution in [0.5, 0.6) is 11.5 Å². The van der Waals surface area contributed by atoms with Gasteiger partial charge in [-0.15, -0.1) is 0 Å². The summed E-state index contributed by atoms with van der Waals surface area (Å²) in [6.07, 6.45) is 1.71. The summed E-state index contributed by atoms with van der Waals surface area (Å²) in [5.41, 5.74) is 1.76. The normalized spacial score (nSPS) is 15.9. The van der Waals surface area contributed by atoms with Gasteiger partial charge in [-0.2, -0.15) is 0 Å². The molecule has 0 saturated carbocycles. The lowest BCUT2D eigenvalue weighted by atomic mass is 10.1. The Morgan fingerprint density at radius 2 is 1.97 bits per heavy atom. The van der Waals surface area contributed by atoms with E-state index in [4.69, 9.17) is 26.4 Å². The number of benzene rings is 2. The molecule has 162 valence electrons. The maximum absolute atomic E-state index is 12.8. The Balaban J connectivity index is 1.84. The van der Waals surface area contributed by atoms with Crippen molar-refractivity contribution >= 4 is 62.2 Å². The minimum atomic E-state index is -0.793. The van der Waals surface area contributed by atoms with Gasteiger partial charge in [0, 0.05) is 0 Å². The highest BCUT2D eigenvalue weighted by Gasteiger charge is 2.38. The summed E-state index contributed by atoms with van der Waals surface area (Å²) in [6.45, 7) is 1.97. The number of halogens is 1. The van der Waals surface area contributed by atoms with E-state index >= 15 is 0 Å². The first-order chi connectivity index (χ1) is 14.8. The minimum absolute atomic E-state index is 0.308. The van der Waals surface area contributed by atoms with Crippen LogP contribution >= 0.6 is 39.9 Å². The predicted molar refractivity (Wildman–Crippen MR) is 128 cm³/mol. The largest absolute Gasteiger partial charge is 0.493 e. The van der Waals surface area contributed by atoms with Crippen LogP contribution in [-0.4, -0.2) is 41.4 Å². The molecule has 0 radical (unpaired) electrons. The Morgan fingerprint density at radius 3 is 2.61 bits per heavy atom. The number of esters is 1.